The molecule has 5 rings (SSSR count). The molecule has 0 aromatic heterocycles. The molecular formula is C28H27FN2O8. The van der Waals surface area contributed by atoms with E-state index in [1.54, 1.807) is 19.1 Å². The number of aliphatic hydroxyl groups is 4. The lowest BCUT2D eigenvalue weighted by Gasteiger charge is -2.53. The molecule has 0 spiro atoms. The van der Waals surface area contributed by atoms with Gasteiger partial charge in [0.25, 0.3) is 5.91 Å². The zero-order valence-corrected chi connectivity index (χ0v) is 21.2. The van der Waals surface area contributed by atoms with Crippen LogP contribution >= 0.6 is 0 Å². The quantitative estimate of drug-likeness (QED) is 0.314. The zero-order chi connectivity index (χ0) is 28.7. The van der Waals surface area contributed by atoms with Crippen LogP contribution in [-0.2, 0) is 14.4 Å². The van der Waals surface area contributed by atoms with Crippen LogP contribution in [0.4, 0.5) is 4.39 Å². The summed E-state index contributed by atoms with van der Waals surface area (Å²) in [6, 6.07) is 6.98. The number of primary amides is 1. The van der Waals surface area contributed by atoms with Crippen LogP contribution < -0.4 is 5.73 Å². The molecule has 1 saturated carbocycles. The Kier molecular flexibility index (Phi) is 5.94. The molecule has 11 heteroatoms. The van der Waals surface area contributed by atoms with Crippen molar-refractivity contribution in [2.75, 3.05) is 14.1 Å². The molecule has 3 aliphatic carbocycles. The van der Waals surface area contributed by atoms with Gasteiger partial charge in [0.05, 0.1) is 23.6 Å². The number of hydrogen-bond donors (Lipinski definition) is 6. The molecule has 0 saturated heterocycles. The summed E-state index contributed by atoms with van der Waals surface area (Å²) in [7, 11) is 2.89. The lowest BCUT2D eigenvalue weighted by atomic mass is 9.54. The third-order valence-corrected chi connectivity index (χ3v) is 8.28. The number of hydrogen-bond acceptors (Lipinski definition) is 9. The molecule has 1 amide bonds. The van der Waals surface area contributed by atoms with Gasteiger partial charge in [-0.2, -0.15) is 0 Å². The van der Waals surface area contributed by atoms with Crippen LogP contribution in [0.1, 0.15) is 24.0 Å². The highest BCUT2D eigenvalue weighted by molar-refractivity contribution is 6.24. The van der Waals surface area contributed by atoms with Crippen LogP contribution in [0.15, 0.2) is 53.3 Å². The van der Waals surface area contributed by atoms with Crippen molar-refractivity contribution in [2.24, 2.45) is 17.6 Å². The van der Waals surface area contributed by atoms with Crippen LogP contribution in [0.3, 0.4) is 0 Å². The predicted octanol–water partition coefficient (Wildman–Crippen LogP) is 1.30. The van der Waals surface area contributed by atoms with E-state index in [0.717, 1.165) is 0 Å². The number of phenolic OH excluding ortho intramolecular Hbond substituents is 1. The SMILES string of the molecule is C[C@@H]1c2ccc(-c3ccc(F)cc3)c(O)c2C(O)=C2C(=O)[C@@]3(O)C(O)=C(C(N)=O)C(=O)[C@H](N(C)C)[C@H]3[C@H](O)[C@H]21. The highest BCUT2D eigenvalue weighted by Crippen LogP contribution is 2.56. The van der Waals surface area contributed by atoms with Crippen molar-refractivity contribution >= 4 is 23.2 Å². The number of halogens is 1. The molecule has 7 N–H and O–H groups in total. The van der Waals surface area contributed by atoms with E-state index in [-0.39, 0.29) is 11.1 Å². The van der Waals surface area contributed by atoms with Crippen molar-refractivity contribution in [1.29, 1.82) is 0 Å². The molecule has 0 unspecified atom stereocenters. The van der Waals surface area contributed by atoms with Gasteiger partial charge in [-0.25, -0.2) is 4.39 Å². The standard InChI is InChI=1S/C28H27FN2O8/c1-10-13-8-9-14(11-4-6-12(29)7-5-11)21(32)16(13)22(33)17-15(10)23(34)19-20(31(2)3)24(35)18(27(30)38)26(37)28(19,39)25(17)36/h4-10,15,19-20,23,32-34,37,39H,1-3H3,(H2,30,38)/t10-,15+,19+,20-,23-,28-/m1/s1. The molecule has 2 aromatic carbocycles. The summed E-state index contributed by atoms with van der Waals surface area (Å²) in [6.45, 7) is 1.65. The number of amides is 1. The second-order valence-corrected chi connectivity index (χ2v) is 10.5. The number of nitrogens with zero attached hydrogens (tertiary/aromatic N) is 1. The van der Waals surface area contributed by atoms with Gasteiger partial charge in [-0.3, -0.25) is 19.3 Å². The van der Waals surface area contributed by atoms with E-state index in [1.807, 2.05) is 0 Å². The Bertz CT molecular complexity index is 1510. The third-order valence-electron chi connectivity index (χ3n) is 8.28. The number of ketones is 2. The Morgan fingerprint density at radius 3 is 2.23 bits per heavy atom. The van der Waals surface area contributed by atoms with Gasteiger partial charge in [-0.05, 0) is 43.3 Å². The molecule has 0 heterocycles. The maximum Gasteiger partial charge on any atom is 0.255 e. The predicted molar refractivity (Wildman–Crippen MR) is 136 cm³/mol. The smallest absolute Gasteiger partial charge is 0.255 e. The lowest BCUT2D eigenvalue weighted by molar-refractivity contribution is -0.169. The molecule has 0 radical (unpaired) electrons. The maximum absolute atomic E-state index is 14.0. The Hall–Kier alpha value is -4.06. The van der Waals surface area contributed by atoms with Crippen molar-refractivity contribution in [1.82, 2.24) is 4.90 Å². The van der Waals surface area contributed by atoms with E-state index < -0.39 is 87.2 Å². The van der Waals surface area contributed by atoms with Crippen molar-refractivity contribution in [3.05, 3.63) is 70.2 Å². The Balaban J connectivity index is 1.78. The zero-order valence-electron chi connectivity index (χ0n) is 21.2. The fourth-order valence-corrected chi connectivity index (χ4v) is 6.48. The molecule has 0 bridgehead atoms. The van der Waals surface area contributed by atoms with E-state index in [2.05, 4.69) is 0 Å². The number of aromatic hydroxyl groups is 1. The van der Waals surface area contributed by atoms with E-state index in [9.17, 15) is 44.3 Å². The molecule has 0 aliphatic heterocycles. The molecule has 6 atom stereocenters. The van der Waals surface area contributed by atoms with E-state index in [4.69, 9.17) is 5.73 Å². The summed E-state index contributed by atoms with van der Waals surface area (Å²) in [4.78, 5) is 40.6. The second kappa shape index (κ2) is 8.73. The number of rotatable bonds is 3. The molecule has 204 valence electrons. The normalized spacial score (nSPS) is 30.3. The van der Waals surface area contributed by atoms with Gasteiger partial charge in [-0.1, -0.05) is 31.2 Å². The Morgan fingerprint density at radius 1 is 1.05 bits per heavy atom. The second-order valence-electron chi connectivity index (χ2n) is 10.5. The van der Waals surface area contributed by atoms with Crippen molar-refractivity contribution in [2.45, 2.75) is 30.6 Å². The van der Waals surface area contributed by atoms with E-state index >= 15 is 0 Å². The summed E-state index contributed by atoms with van der Waals surface area (Å²) in [5.41, 5.74) is 1.78. The topological polar surface area (TPSA) is 182 Å². The van der Waals surface area contributed by atoms with Crippen LogP contribution in [0.2, 0.25) is 0 Å². The van der Waals surface area contributed by atoms with Crippen LogP contribution in [0.25, 0.3) is 16.9 Å². The Labute approximate surface area is 222 Å². The van der Waals surface area contributed by atoms with Crippen LogP contribution in [0, 0.1) is 17.7 Å². The number of Topliss-reactive ketones (excluding diaryl/α,β-unsaturated/α-hetero) is 2. The minimum Gasteiger partial charge on any atom is -0.508 e. The minimum atomic E-state index is -2.98. The summed E-state index contributed by atoms with van der Waals surface area (Å²) in [5, 5.41) is 56.9. The number of carbonyl (C=O) groups is 3. The van der Waals surface area contributed by atoms with Crippen LogP contribution in [-0.4, -0.2) is 79.7 Å². The van der Waals surface area contributed by atoms with Crippen molar-refractivity contribution < 1.29 is 44.3 Å². The first-order valence-electron chi connectivity index (χ1n) is 12.2. The number of benzene rings is 2. The molecule has 39 heavy (non-hydrogen) atoms. The minimum absolute atomic E-state index is 0.132. The first-order valence-corrected chi connectivity index (χ1v) is 12.2. The highest BCUT2D eigenvalue weighted by atomic mass is 19.1. The molecular weight excluding hydrogens is 511 g/mol. The van der Waals surface area contributed by atoms with Gasteiger partial charge < -0.3 is 31.3 Å². The number of carbonyl (C=O) groups excluding carboxylic acids is 3. The molecule has 10 nitrogen and oxygen atoms in total. The number of likely N-dealkylation sites (N-methyl/N-ethyl adjacent to an activating group) is 1. The van der Waals surface area contributed by atoms with Crippen LogP contribution in [0.5, 0.6) is 5.75 Å². The first kappa shape index (κ1) is 26.5. The van der Waals surface area contributed by atoms with Crippen molar-refractivity contribution in [3.8, 4) is 16.9 Å². The summed E-state index contributed by atoms with van der Waals surface area (Å²) in [5.74, 6) is -10.0. The average molecular weight is 539 g/mol. The summed E-state index contributed by atoms with van der Waals surface area (Å²) < 4.78 is 13.5. The summed E-state index contributed by atoms with van der Waals surface area (Å²) >= 11 is 0. The molecule has 3 aliphatic rings. The van der Waals surface area contributed by atoms with Gasteiger partial charge in [0, 0.05) is 17.1 Å². The first-order chi connectivity index (χ1) is 18.2. The van der Waals surface area contributed by atoms with Crippen molar-refractivity contribution in [3.63, 3.8) is 0 Å². The van der Waals surface area contributed by atoms with Gasteiger partial charge >= 0.3 is 0 Å². The monoisotopic (exact) mass is 538 g/mol. The van der Waals surface area contributed by atoms with E-state index in [1.165, 1.54) is 43.3 Å². The molecule has 1 fully saturated rings. The third kappa shape index (κ3) is 3.40. The fourth-order valence-electron chi connectivity index (χ4n) is 6.48. The van der Waals surface area contributed by atoms with Gasteiger partial charge in [-0.15, -0.1) is 0 Å². The van der Waals surface area contributed by atoms with Gasteiger partial charge in [0.2, 0.25) is 5.78 Å². The number of fused-ring (bicyclic) bond motifs is 3. The number of nitrogens with two attached hydrogens (primary N) is 1. The molecule has 2 aromatic rings. The maximum atomic E-state index is 14.0. The van der Waals surface area contributed by atoms with E-state index in [0.29, 0.717) is 11.1 Å². The lowest BCUT2D eigenvalue weighted by Crippen LogP contribution is -2.70. The highest BCUT2D eigenvalue weighted by Gasteiger charge is 2.68. The number of aliphatic hydroxyl groups excluding tert-OH is 3. The largest absolute Gasteiger partial charge is 0.508 e. The van der Waals surface area contributed by atoms with Gasteiger partial charge in [0.1, 0.15) is 28.7 Å². The Morgan fingerprint density at radius 2 is 1.67 bits per heavy atom. The fraction of sp³-hybridized carbons (Fsp3) is 0.321. The summed E-state index contributed by atoms with van der Waals surface area (Å²) in [6.07, 6.45) is -1.67. The average Bonchev–Trinajstić information content (AvgIpc) is 2.86. The number of phenols is 1. The van der Waals surface area contributed by atoms with Gasteiger partial charge in [0.15, 0.2) is 11.4 Å².